The van der Waals surface area contributed by atoms with Crippen LogP contribution in [0, 0.1) is 5.82 Å². The lowest BCUT2D eigenvalue weighted by Gasteiger charge is -2.17. The molecule has 0 bridgehead atoms. The van der Waals surface area contributed by atoms with Gasteiger partial charge in [-0.25, -0.2) is 4.39 Å². The van der Waals surface area contributed by atoms with Crippen LogP contribution in [0.2, 0.25) is 10.0 Å². The summed E-state index contributed by atoms with van der Waals surface area (Å²) in [7, 11) is 0. The first-order valence-electron chi connectivity index (χ1n) is 10.7. The zero-order valence-corrected chi connectivity index (χ0v) is 21.8. The van der Waals surface area contributed by atoms with Crippen LogP contribution >= 0.6 is 46.7 Å². The second-order valence-electron chi connectivity index (χ2n) is 7.58. The van der Waals surface area contributed by atoms with Crippen molar-refractivity contribution in [2.75, 3.05) is 5.75 Å². The molecule has 0 spiro atoms. The Balaban J connectivity index is 1.55. The zero-order valence-electron chi connectivity index (χ0n) is 18.6. The molecule has 0 aliphatic heterocycles. The molecule has 10 heteroatoms. The van der Waals surface area contributed by atoms with E-state index in [-0.39, 0.29) is 17.5 Å². The second-order valence-corrected chi connectivity index (χ2v) is 10.4. The molecule has 0 saturated heterocycles. The maximum Gasteiger partial charge on any atom is 0.230 e. The van der Waals surface area contributed by atoms with Crippen molar-refractivity contribution in [2.24, 2.45) is 0 Å². The van der Waals surface area contributed by atoms with Crippen LogP contribution in [-0.4, -0.2) is 26.4 Å². The first-order valence-corrected chi connectivity index (χ1v) is 13.4. The van der Waals surface area contributed by atoms with Gasteiger partial charge >= 0.3 is 0 Å². The molecule has 35 heavy (non-hydrogen) atoms. The number of hydrogen-bond donors (Lipinski definition) is 1. The molecule has 1 unspecified atom stereocenters. The summed E-state index contributed by atoms with van der Waals surface area (Å²) in [5, 5.41) is 13.3. The van der Waals surface area contributed by atoms with Crippen LogP contribution in [0.5, 0.6) is 0 Å². The Morgan fingerprint density at radius 2 is 1.77 bits per heavy atom. The van der Waals surface area contributed by atoms with E-state index in [1.54, 1.807) is 30.3 Å². The molecule has 5 nitrogen and oxygen atoms in total. The normalized spacial score (nSPS) is 11.9. The lowest BCUT2D eigenvalue weighted by Crippen LogP contribution is -2.30. The molecule has 0 aliphatic rings. The average Bonchev–Trinajstić information content (AvgIpc) is 3.27. The van der Waals surface area contributed by atoms with Crippen molar-refractivity contribution in [1.82, 2.24) is 20.1 Å². The van der Waals surface area contributed by atoms with Crippen LogP contribution in [0.4, 0.5) is 4.39 Å². The molecule has 1 heterocycles. The molecule has 0 aliphatic carbocycles. The predicted molar refractivity (Wildman–Crippen MR) is 141 cm³/mol. The number of nitrogens with zero attached hydrogens (tertiary/aromatic N) is 3. The summed E-state index contributed by atoms with van der Waals surface area (Å²) in [5.74, 6) is 0.957. The van der Waals surface area contributed by atoms with Crippen LogP contribution in [-0.2, 0) is 10.5 Å². The lowest BCUT2D eigenvalue weighted by atomic mass is 10.2. The van der Waals surface area contributed by atoms with E-state index in [0.717, 1.165) is 10.5 Å². The number of thioether (sulfide) groups is 2. The SMILES string of the molecule is CC(NC(=O)CSc1ccccc1)c1nnc(SCc2ccc(F)cc2)n1-c1ccc(Cl)cc1Cl. The minimum Gasteiger partial charge on any atom is -0.346 e. The summed E-state index contributed by atoms with van der Waals surface area (Å²) in [4.78, 5) is 13.7. The smallest absolute Gasteiger partial charge is 0.230 e. The van der Waals surface area contributed by atoms with Gasteiger partial charge in [0.1, 0.15) is 5.82 Å². The number of amides is 1. The van der Waals surface area contributed by atoms with Crippen molar-refractivity contribution in [3.63, 3.8) is 0 Å². The molecule has 1 N–H and O–H groups in total. The van der Waals surface area contributed by atoms with Gasteiger partial charge in [0, 0.05) is 15.7 Å². The highest BCUT2D eigenvalue weighted by atomic mass is 35.5. The maximum absolute atomic E-state index is 13.3. The van der Waals surface area contributed by atoms with E-state index in [2.05, 4.69) is 15.5 Å². The third kappa shape index (κ3) is 6.79. The number of halogens is 3. The fourth-order valence-corrected chi connectivity index (χ4v) is 5.42. The van der Waals surface area contributed by atoms with Crippen LogP contribution in [0.1, 0.15) is 24.4 Å². The van der Waals surface area contributed by atoms with E-state index >= 15 is 0 Å². The van der Waals surface area contributed by atoms with Gasteiger partial charge in [-0.15, -0.1) is 22.0 Å². The molecule has 0 radical (unpaired) electrons. The quantitative estimate of drug-likeness (QED) is 0.229. The Morgan fingerprint density at radius 3 is 2.49 bits per heavy atom. The first kappa shape index (κ1) is 25.6. The molecule has 0 saturated carbocycles. The summed E-state index contributed by atoms with van der Waals surface area (Å²) in [6.07, 6.45) is 0. The van der Waals surface area contributed by atoms with Crippen molar-refractivity contribution in [2.45, 2.75) is 28.8 Å². The fraction of sp³-hybridized carbons (Fsp3) is 0.160. The maximum atomic E-state index is 13.3. The molecular weight excluding hydrogens is 526 g/mol. The van der Waals surface area contributed by atoms with Crippen molar-refractivity contribution in [1.29, 1.82) is 0 Å². The van der Waals surface area contributed by atoms with Crippen LogP contribution in [0.15, 0.2) is 82.8 Å². The molecule has 1 amide bonds. The van der Waals surface area contributed by atoms with Crippen molar-refractivity contribution >= 4 is 52.6 Å². The van der Waals surface area contributed by atoms with E-state index in [1.807, 2.05) is 41.8 Å². The standard InChI is InChI=1S/C25H21Cl2FN4OS2/c1-16(29-23(33)15-34-20-5-3-2-4-6-20)24-30-31-25(35-14-17-7-10-19(28)11-8-17)32(24)22-12-9-18(26)13-21(22)27/h2-13,16H,14-15H2,1H3,(H,29,33). The van der Waals surface area contributed by atoms with E-state index < -0.39 is 6.04 Å². The molecule has 3 aromatic carbocycles. The minimum absolute atomic E-state index is 0.122. The topological polar surface area (TPSA) is 59.8 Å². The Hall–Kier alpha value is -2.52. The lowest BCUT2D eigenvalue weighted by molar-refractivity contribution is -0.119. The van der Waals surface area contributed by atoms with E-state index in [4.69, 9.17) is 23.2 Å². The minimum atomic E-state index is -0.432. The summed E-state index contributed by atoms with van der Waals surface area (Å²) < 4.78 is 15.1. The average molecular weight is 548 g/mol. The van der Waals surface area contributed by atoms with E-state index in [0.29, 0.717) is 32.5 Å². The van der Waals surface area contributed by atoms with Gasteiger partial charge < -0.3 is 5.32 Å². The number of nitrogens with one attached hydrogen (secondary N) is 1. The summed E-state index contributed by atoms with van der Waals surface area (Å²) in [5.41, 5.74) is 1.59. The van der Waals surface area contributed by atoms with Crippen molar-refractivity contribution in [3.8, 4) is 5.69 Å². The Morgan fingerprint density at radius 1 is 1.03 bits per heavy atom. The number of hydrogen-bond acceptors (Lipinski definition) is 5. The second kappa shape index (κ2) is 11.9. The molecular formula is C25H21Cl2FN4OS2. The molecule has 180 valence electrons. The monoisotopic (exact) mass is 546 g/mol. The van der Waals surface area contributed by atoms with Gasteiger partial charge in [-0.05, 0) is 55.0 Å². The van der Waals surface area contributed by atoms with Gasteiger partial charge in [0.15, 0.2) is 11.0 Å². The number of carbonyl (C=O) groups excluding carboxylic acids is 1. The number of benzene rings is 3. The largest absolute Gasteiger partial charge is 0.346 e. The highest BCUT2D eigenvalue weighted by Gasteiger charge is 2.22. The molecule has 1 aromatic heterocycles. The van der Waals surface area contributed by atoms with E-state index in [9.17, 15) is 9.18 Å². The highest BCUT2D eigenvalue weighted by molar-refractivity contribution is 8.00. The molecule has 0 fully saturated rings. The predicted octanol–water partition coefficient (Wildman–Crippen LogP) is 6.98. The molecule has 1 atom stereocenters. The van der Waals surface area contributed by atoms with Gasteiger partial charge in [-0.1, -0.05) is 65.3 Å². The number of aromatic nitrogens is 3. The molecule has 4 rings (SSSR count). The Kier molecular flexibility index (Phi) is 8.73. The van der Waals surface area contributed by atoms with Crippen molar-refractivity contribution in [3.05, 3.63) is 100 Å². The Labute approximate surface area is 221 Å². The first-order chi connectivity index (χ1) is 16.9. The number of carbonyl (C=O) groups is 1. The van der Waals surface area contributed by atoms with Crippen LogP contribution in [0.3, 0.4) is 0 Å². The van der Waals surface area contributed by atoms with Gasteiger partial charge in [0.05, 0.1) is 22.5 Å². The fourth-order valence-electron chi connectivity index (χ4n) is 3.29. The molecule has 4 aromatic rings. The van der Waals surface area contributed by atoms with Crippen LogP contribution in [0.25, 0.3) is 5.69 Å². The number of rotatable bonds is 9. The third-order valence-corrected chi connectivity index (χ3v) is 7.52. The van der Waals surface area contributed by atoms with Gasteiger partial charge in [0.25, 0.3) is 0 Å². The summed E-state index contributed by atoms with van der Waals surface area (Å²) in [6.45, 7) is 1.85. The van der Waals surface area contributed by atoms with E-state index in [1.165, 1.54) is 35.7 Å². The van der Waals surface area contributed by atoms with Crippen LogP contribution < -0.4 is 5.32 Å². The van der Waals surface area contributed by atoms with Crippen molar-refractivity contribution < 1.29 is 9.18 Å². The Bertz CT molecular complexity index is 1300. The highest BCUT2D eigenvalue weighted by Crippen LogP contribution is 2.32. The summed E-state index contributed by atoms with van der Waals surface area (Å²) >= 11 is 15.5. The zero-order chi connectivity index (χ0) is 24.8. The van der Waals surface area contributed by atoms with Gasteiger partial charge in [-0.3, -0.25) is 9.36 Å². The third-order valence-electron chi connectivity index (χ3n) is 4.97. The van der Waals surface area contributed by atoms with Gasteiger partial charge in [-0.2, -0.15) is 0 Å². The van der Waals surface area contributed by atoms with Gasteiger partial charge in [0.2, 0.25) is 5.91 Å². The summed E-state index contributed by atoms with van der Waals surface area (Å²) in [6, 6.07) is 20.8.